The number of aromatic nitrogens is 1. The molecule has 0 bridgehead atoms. The topological polar surface area (TPSA) is 84.7 Å². The van der Waals surface area contributed by atoms with E-state index in [4.69, 9.17) is 9.15 Å². The molecule has 2 amide bonds. The van der Waals surface area contributed by atoms with Crippen LogP contribution in [0.25, 0.3) is 10.8 Å². The van der Waals surface area contributed by atoms with Gasteiger partial charge in [0.25, 0.3) is 5.91 Å². The molecule has 0 aliphatic heterocycles. The van der Waals surface area contributed by atoms with Gasteiger partial charge < -0.3 is 19.4 Å². The summed E-state index contributed by atoms with van der Waals surface area (Å²) < 4.78 is 10.6. The molecule has 1 aromatic carbocycles. The molecule has 7 nitrogen and oxygen atoms in total. The minimum absolute atomic E-state index is 0.0857. The van der Waals surface area contributed by atoms with E-state index in [1.54, 1.807) is 43.8 Å². The van der Waals surface area contributed by atoms with Gasteiger partial charge in [0.1, 0.15) is 17.2 Å². The number of methoxy groups -OCH3 is 1. The number of furan rings is 1. The molecule has 0 aliphatic carbocycles. The summed E-state index contributed by atoms with van der Waals surface area (Å²) in [6.07, 6.45) is 0. The van der Waals surface area contributed by atoms with Crippen LogP contribution in [0.4, 0.5) is 5.69 Å². The molecule has 27 heavy (non-hydrogen) atoms. The van der Waals surface area contributed by atoms with E-state index in [0.29, 0.717) is 22.2 Å². The molecule has 0 saturated heterocycles. The van der Waals surface area contributed by atoms with Gasteiger partial charge in [0.05, 0.1) is 13.7 Å². The van der Waals surface area contributed by atoms with Gasteiger partial charge in [-0.1, -0.05) is 0 Å². The number of anilines is 1. The maximum absolute atomic E-state index is 12.5. The summed E-state index contributed by atoms with van der Waals surface area (Å²) >= 11 is 1.32. The van der Waals surface area contributed by atoms with Crippen LogP contribution in [0.3, 0.4) is 0 Å². The van der Waals surface area contributed by atoms with Crippen molar-refractivity contribution >= 4 is 28.8 Å². The van der Waals surface area contributed by atoms with E-state index in [0.717, 1.165) is 5.76 Å². The highest BCUT2D eigenvalue weighted by atomic mass is 32.1. The number of hydrogen-bond donors (Lipinski definition) is 1. The molecule has 2 aromatic heterocycles. The number of thiazole rings is 1. The van der Waals surface area contributed by atoms with E-state index in [2.05, 4.69) is 10.3 Å². The van der Waals surface area contributed by atoms with Crippen molar-refractivity contribution in [3.8, 4) is 16.5 Å². The van der Waals surface area contributed by atoms with Crippen LogP contribution in [0.2, 0.25) is 0 Å². The lowest BCUT2D eigenvalue weighted by Crippen LogP contribution is -2.35. The first-order chi connectivity index (χ1) is 13.0. The lowest BCUT2D eigenvalue weighted by molar-refractivity contribution is -0.116. The number of hydrogen-bond acceptors (Lipinski definition) is 6. The van der Waals surface area contributed by atoms with Crippen LogP contribution in [0.15, 0.2) is 46.2 Å². The van der Waals surface area contributed by atoms with E-state index >= 15 is 0 Å². The second-order valence-corrected chi connectivity index (χ2v) is 6.74. The smallest absolute Gasteiger partial charge is 0.273 e. The standard InChI is InChI=1S/C19H19N3O4S/c1-12-4-9-16(26-12)18-21-15(11-27-18)19(24)22(2)10-17(23)20-13-5-7-14(25-3)8-6-13/h4-9,11H,10H2,1-3H3,(H,20,23). The van der Waals surface area contributed by atoms with Crippen molar-refractivity contribution in [3.05, 3.63) is 53.2 Å². The number of rotatable bonds is 6. The van der Waals surface area contributed by atoms with E-state index in [-0.39, 0.29) is 24.1 Å². The summed E-state index contributed by atoms with van der Waals surface area (Å²) in [6.45, 7) is 1.76. The van der Waals surface area contributed by atoms with Gasteiger partial charge in [-0.25, -0.2) is 4.98 Å². The minimum Gasteiger partial charge on any atom is -0.497 e. The molecule has 140 valence electrons. The van der Waals surface area contributed by atoms with Crippen LogP contribution in [-0.4, -0.2) is 42.4 Å². The third-order valence-corrected chi connectivity index (χ3v) is 4.63. The molecule has 1 N–H and O–H groups in total. The third kappa shape index (κ3) is 4.53. The van der Waals surface area contributed by atoms with Crippen molar-refractivity contribution in [2.45, 2.75) is 6.92 Å². The van der Waals surface area contributed by atoms with Gasteiger partial charge in [0.2, 0.25) is 5.91 Å². The predicted octanol–water partition coefficient (Wildman–Crippen LogP) is 3.43. The number of carbonyl (C=O) groups is 2. The number of amides is 2. The van der Waals surface area contributed by atoms with Gasteiger partial charge in [-0.05, 0) is 43.3 Å². The molecule has 3 rings (SSSR count). The predicted molar refractivity (Wildman–Crippen MR) is 103 cm³/mol. The Morgan fingerprint density at radius 1 is 1.22 bits per heavy atom. The van der Waals surface area contributed by atoms with Gasteiger partial charge >= 0.3 is 0 Å². The monoisotopic (exact) mass is 385 g/mol. The maximum atomic E-state index is 12.5. The second-order valence-electron chi connectivity index (χ2n) is 5.89. The quantitative estimate of drug-likeness (QED) is 0.703. The van der Waals surface area contributed by atoms with E-state index < -0.39 is 0 Å². The fourth-order valence-electron chi connectivity index (χ4n) is 2.39. The first-order valence-corrected chi connectivity index (χ1v) is 9.06. The Labute approximate surface area is 160 Å². The molecule has 0 saturated carbocycles. The average molecular weight is 385 g/mol. The molecule has 2 heterocycles. The largest absolute Gasteiger partial charge is 0.497 e. The number of likely N-dealkylation sites (N-methyl/N-ethyl adjacent to an activating group) is 1. The van der Waals surface area contributed by atoms with Gasteiger partial charge in [0.15, 0.2) is 10.8 Å². The number of nitrogens with one attached hydrogen (secondary N) is 1. The van der Waals surface area contributed by atoms with E-state index in [9.17, 15) is 9.59 Å². The molecule has 3 aromatic rings. The van der Waals surface area contributed by atoms with Crippen molar-refractivity contribution in [2.75, 3.05) is 26.0 Å². The Balaban J connectivity index is 1.59. The first-order valence-electron chi connectivity index (χ1n) is 8.18. The normalized spacial score (nSPS) is 10.5. The van der Waals surface area contributed by atoms with Crippen molar-refractivity contribution < 1.29 is 18.7 Å². The number of aryl methyl sites for hydroxylation is 1. The molecular formula is C19H19N3O4S. The van der Waals surface area contributed by atoms with Crippen LogP contribution < -0.4 is 10.1 Å². The molecule has 0 unspecified atom stereocenters. The number of carbonyl (C=O) groups excluding carboxylic acids is 2. The van der Waals surface area contributed by atoms with Crippen molar-refractivity contribution in [1.82, 2.24) is 9.88 Å². The molecular weight excluding hydrogens is 366 g/mol. The van der Waals surface area contributed by atoms with Crippen LogP contribution in [0.5, 0.6) is 5.75 Å². The third-order valence-electron chi connectivity index (χ3n) is 3.78. The summed E-state index contributed by atoms with van der Waals surface area (Å²) in [7, 11) is 3.14. The van der Waals surface area contributed by atoms with Crippen molar-refractivity contribution in [3.63, 3.8) is 0 Å². The lowest BCUT2D eigenvalue weighted by Gasteiger charge is -2.15. The summed E-state index contributed by atoms with van der Waals surface area (Å²) in [4.78, 5) is 30.3. The average Bonchev–Trinajstić information content (AvgIpc) is 3.30. The van der Waals surface area contributed by atoms with Crippen molar-refractivity contribution in [2.24, 2.45) is 0 Å². The number of nitrogens with zero attached hydrogens (tertiary/aromatic N) is 2. The van der Waals surface area contributed by atoms with Crippen LogP contribution in [0.1, 0.15) is 16.2 Å². The fraction of sp³-hybridized carbons (Fsp3) is 0.211. The molecule has 0 atom stereocenters. The highest BCUT2D eigenvalue weighted by molar-refractivity contribution is 7.13. The summed E-state index contributed by atoms with van der Waals surface area (Å²) in [5.41, 5.74) is 0.912. The van der Waals surface area contributed by atoms with Gasteiger partial charge in [-0.3, -0.25) is 9.59 Å². The summed E-state index contributed by atoms with van der Waals surface area (Å²) in [6, 6.07) is 10.6. The van der Waals surface area contributed by atoms with Crippen LogP contribution in [-0.2, 0) is 4.79 Å². The van der Waals surface area contributed by atoms with Crippen molar-refractivity contribution in [1.29, 1.82) is 0 Å². The Morgan fingerprint density at radius 3 is 2.59 bits per heavy atom. The molecule has 0 spiro atoms. The zero-order chi connectivity index (χ0) is 19.4. The van der Waals surface area contributed by atoms with E-state index in [1.165, 1.54) is 16.2 Å². The Kier molecular flexibility index (Phi) is 5.56. The summed E-state index contributed by atoms with van der Waals surface area (Å²) in [5, 5.41) is 5.03. The Hall–Kier alpha value is -3.13. The lowest BCUT2D eigenvalue weighted by atomic mass is 10.3. The van der Waals surface area contributed by atoms with Gasteiger partial charge in [-0.2, -0.15) is 0 Å². The Morgan fingerprint density at radius 2 is 1.96 bits per heavy atom. The molecule has 8 heteroatoms. The first kappa shape index (κ1) is 18.7. The molecule has 0 aliphatic rings. The molecule has 0 fully saturated rings. The van der Waals surface area contributed by atoms with Gasteiger partial charge in [0, 0.05) is 18.1 Å². The fourth-order valence-corrected chi connectivity index (χ4v) is 3.15. The SMILES string of the molecule is COc1ccc(NC(=O)CN(C)C(=O)c2csc(-c3ccc(C)o3)n2)cc1. The highest BCUT2D eigenvalue weighted by Gasteiger charge is 2.19. The maximum Gasteiger partial charge on any atom is 0.273 e. The van der Waals surface area contributed by atoms with E-state index in [1.807, 2.05) is 19.1 Å². The zero-order valence-corrected chi connectivity index (χ0v) is 16.0. The second kappa shape index (κ2) is 8.05. The van der Waals surface area contributed by atoms with Crippen LogP contribution >= 0.6 is 11.3 Å². The minimum atomic E-state index is -0.328. The van der Waals surface area contributed by atoms with Crippen LogP contribution in [0, 0.1) is 6.92 Å². The molecule has 0 radical (unpaired) electrons. The zero-order valence-electron chi connectivity index (χ0n) is 15.2. The number of benzene rings is 1. The summed E-state index contributed by atoms with van der Waals surface area (Å²) in [5.74, 6) is 1.47. The number of ether oxygens (including phenoxy) is 1. The van der Waals surface area contributed by atoms with Gasteiger partial charge in [-0.15, -0.1) is 11.3 Å². The Bertz CT molecular complexity index is 946. The highest BCUT2D eigenvalue weighted by Crippen LogP contribution is 2.26.